The first-order valence-electron chi connectivity index (χ1n) is 5.73. The first-order valence-corrected chi connectivity index (χ1v) is 6.10. The number of amides is 1. The fraction of sp³-hybridized carbons (Fsp3) is 0.455. The Labute approximate surface area is 114 Å². The molecule has 2 rings (SSSR count). The van der Waals surface area contributed by atoms with Gasteiger partial charge in [0.05, 0.1) is 4.92 Å². The summed E-state index contributed by atoms with van der Waals surface area (Å²) in [5, 5.41) is 20.0. The number of rotatable bonds is 3. The molecule has 0 aromatic carbocycles. The van der Waals surface area contributed by atoms with Gasteiger partial charge in [0.1, 0.15) is 16.9 Å². The number of aromatic nitrogens is 1. The highest BCUT2D eigenvalue weighted by Crippen LogP contribution is 2.25. The number of likely N-dealkylation sites (tertiary alicyclic amines) is 1. The van der Waals surface area contributed by atoms with Crippen LogP contribution in [-0.4, -0.2) is 45.5 Å². The van der Waals surface area contributed by atoms with Gasteiger partial charge < -0.3 is 10.0 Å². The second-order valence-corrected chi connectivity index (χ2v) is 4.76. The monoisotopic (exact) mass is 285 g/mol. The van der Waals surface area contributed by atoms with E-state index in [1.165, 1.54) is 11.0 Å². The topological polar surface area (TPSA) is 96.6 Å². The minimum absolute atomic E-state index is 0.00295. The van der Waals surface area contributed by atoms with Crippen LogP contribution >= 0.6 is 11.6 Å². The molecule has 8 heteroatoms. The molecule has 19 heavy (non-hydrogen) atoms. The Kier molecular flexibility index (Phi) is 3.96. The van der Waals surface area contributed by atoms with E-state index in [4.69, 9.17) is 16.7 Å². The average Bonchev–Trinajstić information content (AvgIpc) is 2.86. The van der Waals surface area contributed by atoms with Gasteiger partial charge >= 0.3 is 0 Å². The van der Waals surface area contributed by atoms with E-state index in [2.05, 4.69) is 4.98 Å². The summed E-state index contributed by atoms with van der Waals surface area (Å²) in [6.07, 6.45) is 1.67. The Morgan fingerprint density at radius 2 is 2.42 bits per heavy atom. The summed E-state index contributed by atoms with van der Waals surface area (Å²) in [6, 6.07) is 1.20. The molecule has 1 aromatic heterocycles. The maximum Gasteiger partial charge on any atom is 0.300 e. The molecule has 0 radical (unpaired) electrons. The Morgan fingerprint density at radius 3 is 3.00 bits per heavy atom. The quantitative estimate of drug-likeness (QED) is 0.509. The van der Waals surface area contributed by atoms with Gasteiger partial charge in [-0.25, -0.2) is 4.98 Å². The van der Waals surface area contributed by atoms with Crippen LogP contribution in [0.1, 0.15) is 16.8 Å². The van der Waals surface area contributed by atoms with Gasteiger partial charge in [0.2, 0.25) is 0 Å². The van der Waals surface area contributed by atoms with Crippen molar-refractivity contribution in [3.8, 4) is 0 Å². The molecule has 102 valence electrons. The van der Waals surface area contributed by atoms with Crippen molar-refractivity contribution in [3.05, 3.63) is 33.1 Å². The molecule has 1 unspecified atom stereocenters. The molecule has 2 heterocycles. The predicted octanol–water partition coefficient (Wildman–Crippen LogP) is 1.10. The van der Waals surface area contributed by atoms with Crippen molar-refractivity contribution >= 4 is 23.2 Å². The average molecular weight is 286 g/mol. The van der Waals surface area contributed by atoms with Crippen LogP contribution in [0, 0.1) is 16.0 Å². The molecule has 1 amide bonds. The van der Waals surface area contributed by atoms with Crippen molar-refractivity contribution < 1.29 is 14.8 Å². The van der Waals surface area contributed by atoms with Crippen LogP contribution in [0.25, 0.3) is 0 Å². The van der Waals surface area contributed by atoms with Gasteiger partial charge in [0, 0.05) is 25.6 Å². The lowest BCUT2D eigenvalue weighted by Gasteiger charge is -2.16. The van der Waals surface area contributed by atoms with E-state index in [0.29, 0.717) is 19.5 Å². The molecule has 1 fully saturated rings. The van der Waals surface area contributed by atoms with Crippen molar-refractivity contribution in [2.45, 2.75) is 6.42 Å². The lowest BCUT2D eigenvalue weighted by molar-refractivity contribution is -0.385. The van der Waals surface area contributed by atoms with E-state index in [-0.39, 0.29) is 28.9 Å². The second-order valence-electron chi connectivity index (χ2n) is 4.37. The molecule has 0 aliphatic carbocycles. The smallest absolute Gasteiger partial charge is 0.300 e. The van der Waals surface area contributed by atoms with Crippen molar-refractivity contribution in [2.75, 3.05) is 19.7 Å². The summed E-state index contributed by atoms with van der Waals surface area (Å²) < 4.78 is 0. The number of carbonyl (C=O) groups is 1. The van der Waals surface area contributed by atoms with E-state index in [9.17, 15) is 14.9 Å². The first kappa shape index (κ1) is 13.7. The number of halogens is 1. The lowest BCUT2D eigenvalue weighted by atomic mass is 10.1. The van der Waals surface area contributed by atoms with Gasteiger partial charge in [0.15, 0.2) is 0 Å². The number of nitrogens with zero attached hydrogens (tertiary/aromatic N) is 3. The summed E-state index contributed by atoms with van der Waals surface area (Å²) in [7, 11) is 0. The van der Waals surface area contributed by atoms with Crippen molar-refractivity contribution in [1.82, 2.24) is 9.88 Å². The van der Waals surface area contributed by atoms with Crippen LogP contribution < -0.4 is 0 Å². The summed E-state index contributed by atoms with van der Waals surface area (Å²) in [5.74, 6) is -0.424. The Bertz CT molecular complexity index is 523. The highest BCUT2D eigenvalue weighted by atomic mass is 35.5. The van der Waals surface area contributed by atoms with Crippen LogP contribution in [0.4, 0.5) is 5.69 Å². The van der Waals surface area contributed by atoms with Crippen LogP contribution in [-0.2, 0) is 0 Å². The molecule has 1 aliphatic rings. The van der Waals surface area contributed by atoms with Gasteiger partial charge in [-0.05, 0) is 12.5 Å². The molecule has 1 aromatic rings. The molecular formula is C11H12ClN3O4. The zero-order valence-electron chi connectivity index (χ0n) is 9.95. The standard InChI is InChI=1S/C11H12ClN3O4/c12-10-3-8(9(4-13-10)15(18)19)11(17)14-2-1-7(5-14)6-16/h3-4,7,16H,1-2,5-6H2. The van der Waals surface area contributed by atoms with Crippen molar-refractivity contribution in [2.24, 2.45) is 5.92 Å². The number of hydrogen-bond donors (Lipinski definition) is 1. The SMILES string of the molecule is O=C(c1cc(Cl)ncc1[N+](=O)[O-])N1CCC(CO)C1. The maximum absolute atomic E-state index is 12.2. The number of aliphatic hydroxyl groups is 1. The number of hydrogen-bond acceptors (Lipinski definition) is 5. The fourth-order valence-electron chi connectivity index (χ4n) is 2.08. The van der Waals surface area contributed by atoms with Crippen LogP contribution in [0.15, 0.2) is 12.3 Å². The molecule has 1 N–H and O–H groups in total. The second kappa shape index (κ2) is 5.50. The van der Waals surface area contributed by atoms with E-state index in [1.807, 2.05) is 0 Å². The Balaban J connectivity index is 2.28. The van der Waals surface area contributed by atoms with Crippen LogP contribution in [0.3, 0.4) is 0 Å². The number of pyridine rings is 1. The van der Waals surface area contributed by atoms with Crippen LogP contribution in [0.2, 0.25) is 5.15 Å². The molecule has 0 bridgehead atoms. The molecular weight excluding hydrogens is 274 g/mol. The molecule has 1 atom stereocenters. The van der Waals surface area contributed by atoms with E-state index in [0.717, 1.165) is 6.20 Å². The number of aliphatic hydroxyl groups excluding tert-OH is 1. The minimum atomic E-state index is -0.657. The highest BCUT2D eigenvalue weighted by Gasteiger charge is 2.30. The lowest BCUT2D eigenvalue weighted by Crippen LogP contribution is -2.29. The van der Waals surface area contributed by atoms with E-state index >= 15 is 0 Å². The Hall–Kier alpha value is -1.73. The summed E-state index contributed by atoms with van der Waals surface area (Å²) >= 11 is 5.68. The highest BCUT2D eigenvalue weighted by molar-refractivity contribution is 6.29. The van der Waals surface area contributed by atoms with Gasteiger partial charge in [-0.15, -0.1) is 0 Å². The van der Waals surface area contributed by atoms with Crippen molar-refractivity contribution in [1.29, 1.82) is 0 Å². The normalized spacial score (nSPS) is 18.6. The number of nitro groups is 1. The first-order chi connectivity index (χ1) is 9.02. The Morgan fingerprint density at radius 1 is 1.68 bits per heavy atom. The molecule has 0 saturated carbocycles. The maximum atomic E-state index is 12.2. The van der Waals surface area contributed by atoms with Crippen LogP contribution in [0.5, 0.6) is 0 Å². The summed E-state index contributed by atoms with van der Waals surface area (Å²) in [5.41, 5.74) is -0.426. The molecule has 1 aliphatic heterocycles. The third-order valence-electron chi connectivity index (χ3n) is 3.11. The third kappa shape index (κ3) is 2.82. The zero-order valence-corrected chi connectivity index (χ0v) is 10.7. The van der Waals surface area contributed by atoms with Crippen molar-refractivity contribution in [3.63, 3.8) is 0 Å². The van der Waals surface area contributed by atoms with E-state index < -0.39 is 10.8 Å². The van der Waals surface area contributed by atoms with Gasteiger partial charge in [-0.2, -0.15) is 0 Å². The van der Waals surface area contributed by atoms with Gasteiger partial charge in [-0.1, -0.05) is 11.6 Å². The predicted molar refractivity (Wildman–Crippen MR) is 67.0 cm³/mol. The minimum Gasteiger partial charge on any atom is -0.396 e. The molecule has 1 saturated heterocycles. The third-order valence-corrected chi connectivity index (χ3v) is 3.31. The molecule has 0 spiro atoms. The molecule has 7 nitrogen and oxygen atoms in total. The van der Waals surface area contributed by atoms with E-state index in [1.54, 1.807) is 0 Å². The van der Waals surface area contributed by atoms with Gasteiger partial charge in [0.25, 0.3) is 11.6 Å². The number of carbonyl (C=O) groups excluding carboxylic acids is 1. The zero-order chi connectivity index (χ0) is 14.0. The largest absolute Gasteiger partial charge is 0.396 e. The van der Waals surface area contributed by atoms with Gasteiger partial charge in [-0.3, -0.25) is 14.9 Å². The fourth-order valence-corrected chi connectivity index (χ4v) is 2.23. The summed E-state index contributed by atoms with van der Waals surface area (Å²) in [6.45, 7) is 0.872. The summed E-state index contributed by atoms with van der Waals surface area (Å²) in [4.78, 5) is 27.6.